The Morgan fingerprint density at radius 3 is 2.10 bits per heavy atom. The van der Waals surface area contributed by atoms with Crippen LogP contribution in [0.1, 0.15) is 77.6 Å². The van der Waals surface area contributed by atoms with Crippen molar-refractivity contribution in [3.05, 3.63) is 36.5 Å². The molecule has 0 spiro atoms. The van der Waals surface area contributed by atoms with E-state index in [1.54, 1.807) is 13.0 Å². The van der Waals surface area contributed by atoms with Crippen molar-refractivity contribution in [1.29, 1.82) is 0 Å². The Morgan fingerprint density at radius 1 is 0.867 bits per heavy atom. The van der Waals surface area contributed by atoms with Gasteiger partial charge in [-0.1, -0.05) is 55.7 Å². The van der Waals surface area contributed by atoms with Crippen molar-refractivity contribution >= 4 is 17.8 Å². The molecule has 30 heavy (non-hydrogen) atoms. The molecule has 5 N–H and O–H groups in total. The monoisotopic (exact) mass is 422 g/mol. The number of nitrogens with one attached hydrogen (secondary N) is 1. The molecule has 2 atom stereocenters. The van der Waals surface area contributed by atoms with Gasteiger partial charge in [-0.05, 0) is 45.4 Å². The van der Waals surface area contributed by atoms with Crippen LogP contribution in [-0.2, 0) is 14.4 Å². The van der Waals surface area contributed by atoms with Gasteiger partial charge in [-0.2, -0.15) is 0 Å². The summed E-state index contributed by atoms with van der Waals surface area (Å²) in [6, 6.07) is -1.08. The highest BCUT2D eigenvalue weighted by Gasteiger charge is 2.14. The van der Waals surface area contributed by atoms with Gasteiger partial charge in [-0.3, -0.25) is 19.7 Å². The Balaban J connectivity index is 3.54. The predicted octanol–water partition coefficient (Wildman–Crippen LogP) is 3.38. The number of amides is 2. The lowest BCUT2D eigenvalue weighted by molar-refractivity contribution is -0.138. The minimum absolute atomic E-state index is 0.0144. The van der Waals surface area contributed by atoms with Gasteiger partial charge in [0.05, 0.1) is 6.10 Å². The molecule has 2 amide bonds. The average Bonchev–Trinajstić information content (AvgIpc) is 2.68. The summed E-state index contributed by atoms with van der Waals surface area (Å²) in [5.74, 6) is -1.95. The molecular weight excluding hydrogens is 384 g/mol. The smallest absolute Gasteiger partial charge is 0.320 e. The van der Waals surface area contributed by atoms with E-state index < -0.39 is 17.9 Å². The van der Waals surface area contributed by atoms with Gasteiger partial charge >= 0.3 is 5.97 Å². The number of carboxylic acids is 1. The highest BCUT2D eigenvalue weighted by molar-refractivity contribution is 5.95. The van der Waals surface area contributed by atoms with Crippen LogP contribution >= 0.6 is 0 Å². The maximum absolute atomic E-state index is 11.7. The molecule has 170 valence electrons. The van der Waals surface area contributed by atoms with Gasteiger partial charge in [0.15, 0.2) is 0 Å². The van der Waals surface area contributed by atoms with Crippen molar-refractivity contribution in [3.8, 4) is 0 Å². The largest absolute Gasteiger partial charge is 0.480 e. The van der Waals surface area contributed by atoms with Gasteiger partial charge in [0.25, 0.3) is 0 Å². The molecule has 0 aliphatic heterocycles. The second-order valence-electron chi connectivity index (χ2n) is 7.34. The summed E-state index contributed by atoms with van der Waals surface area (Å²) < 4.78 is 0. The molecule has 0 aromatic rings. The van der Waals surface area contributed by atoms with Crippen molar-refractivity contribution in [2.24, 2.45) is 5.73 Å². The van der Waals surface area contributed by atoms with E-state index in [0.717, 1.165) is 51.4 Å². The van der Waals surface area contributed by atoms with E-state index in [1.165, 1.54) is 0 Å². The zero-order valence-electron chi connectivity index (χ0n) is 18.1. The molecule has 7 heteroatoms. The summed E-state index contributed by atoms with van der Waals surface area (Å²) in [5.41, 5.74) is 5.32. The number of rotatable bonds is 17. The number of aliphatic hydroxyl groups excluding tert-OH is 1. The van der Waals surface area contributed by atoms with Crippen molar-refractivity contribution in [2.75, 3.05) is 0 Å². The minimum Gasteiger partial charge on any atom is -0.480 e. The van der Waals surface area contributed by atoms with Crippen LogP contribution in [-0.4, -0.2) is 40.1 Å². The van der Waals surface area contributed by atoms with Gasteiger partial charge in [0.2, 0.25) is 11.8 Å². The van der Waals surface area contributed by atoms with E-state index in [4.69, 9.17) is 15.9 Å². The van der Waals surface area contributed by atoms with Crippen molar-refractivity contribution < 1.29 is 24.6 Å². The molecular formula is C23H38N2O5. The normalized spacial score (nSPS) is 13.8. The first-order valence-electron chi connectivity index (χ1n) is 10.8. The highest BCUT2D eigenvalue weighted by Crippen LogP contribution is 2.08. The Morgan fingerprint density at radius 2 is 1.43 bits per heavy atom. The van der Waals surface area contributed by atoms with Crippen molar-refractivity contribution in [1.82, 2.24) is 5.32 Å². The molecule has 0 saturated carbocycles. The molecule has 0 aromatic heterocycles. The molecule has 0 aliphatic rings. The van der Waals surface area contributed by atoms with E-state index in [2.05, 4.69) is 29.6 Å². The second kappa shape index (κ2) is 18.8. The number of imide groups is 1. The van der Waals surface area contributed by atoms with Crippen LogP contribution < -0.4 is 11.1 Å². The van der Waals surface area contributed by atoms with Crippen LogP contribution in [0.25, 0.3) is 0 Å². The lowest BCUT2D eigenvalue weighted by Crippen LogP contribution is -2.34. The number of aliphatic hydroxyl groups is 1. The Hall–Kier alpha value is -2.25. The third kappa shape index (κ3) is 19.1. The summed E-state index contributed by atoms with van der Waals surface area (Å²) in [4.78, 5) is 33.8. The van der Waals surface area contributed by atoms with E-state index in [0.29, 0.717) is 6.42 Å². The van der Waals surface area contributed by atoms with Gasteiger partial charge < -0.3 is 15.9 Å². The molecule has 0 bridgehead atoms. The van der Waals surface area contributed by atoms with Crippen LogP contribution in [0.3, 0.4) is 0 Å². The summed E-state index contributed by atoms with van der Waals surface area (Å²) >= 11 is 0. The summed E-state index contributed by atoms with van der Waals surface area (Å²) in [6.45, 7) is 1.73. The van der Waals surface area contributed by atoms with Crippen LogP contribution in [0.4, 0.5) is 0 Å². The lowest BCUT2D eigenvalue weighted by Gasteiger charge is -2.06. The maximum atomic E-state index is 11.7. The number of hydrogen-bond donors (Lipinski definition) is 4. The maximum Gasteiger partial charge on any atom is 0.320 e. The van der Waals surface area contributed by atoms with Gasteiger partial charge in [0.1, 0.15) is 6.04 Å². The van der Waals surface area contributed by atoms with Crippen LogP contribution in [0.15, 0.2) is 36.5 Å². The fourth-order valence-corrected chi connectivity index (χ4v) is 2.61. The zero-order chi connectivity index (χ0) is 22.6. The standard InChI is InChI=1S/C23H38N2O5/c1-19(26)15-13-11-9-7-5-3-2-4-6-8-10-12-14-16-21(27)25-22(28)18-17-20(24)23(29)30/h2-3,7,9,13,15,19-20,26H,4-6,8,10-12,14,16-18,24H2,1H3,(H,29,30)(H,25,27,28)/b3-2-,9-7-,15-13-. The molecule has 0 fully saturated rings. The molecule has 7 nitrogen and oxygen atoms in total. The molecule has 2 unspecified atom stereocenters. The number of unbranched alkanes of at least 4 members (excludes halogenated alkanes) is 5. The van der Waals surface area contributed by atoms with Gasteiger partial charge in [0, 0.05) is 12.8 Å². The Labute approximate surface area is 180 Å². The number of hydrogen-bond acceptors (Lipinski definition) is 5. The van der Waals surface area contributed by atoms with Crippen LogP contribution in [0.2, 0.25) is 0 Å². The molecule has 0 heterocycles. The molecule has 0 aliphatic carbocycles. The minimum atomic E-state index is -1.15. The lowest BCUT2D eigenvalue weighted by atomic mass is 10.1. The molecule has 0 aromatic carbocycles. The quantitative estimate of drug-likeness (QED) is 0.210. The van der Waals surface area contributed by atoms with E-state index in [-0.39, 0.29) is 24.9 Å². The molecule has 0 rings (SSSR count). The SMILES string of the molecule is CC(O)/C=C\C/C=C\C/C=C\CCCCCCCC(=O)NC(=O)CCC(N)C(=O)O. The first-order chi connectivity index (χ1) is 14.3. The number of aliphatic carboxylic acids is 1. The number of nitrogens with two attached hydrogens (primary N) is 1. The number of carbonyl (C=O) groups is 3. The van der Waals surface area contributed by atoms with E-state index in [1.807, 2.05) is 6.08 Å². The van der Waals surface area contributed by atoms with E-state index >= 15 is 0 Å². The van der Waals surface area contributed by atoms with Crippen LogP contribution in [0, 0.1) is 0 Å². The number of carbonyl (C=O) groups excluding carboxylic acids is 2. The van der Waals surface area contributed by atoms with Crippen molar-refractivity contribution in [2.45, 2.75) is 89.7 Å². The highest BCUT2D eigenvalue weighted by atomic mass is 16.4. The molecule has 0 saturated heterocycles. The van der Waals surface area contributed by atoms with Gasteiger partial charge in [-0.25, -0.2) is 0 Å². The summed E-state index contributed by atoms with van der Waals surface area (Å²) in [6.07, 6.45) is 19.9. The Kier molecular flexibility index (Phi) is 17.4. The third-order valence-electron chi connectivity index (χ3n) is 4.35. The summed E-state index contributed by atoms with van der Waals surface area (Å²) in [7, 11) is 0. The third-order valence-corrected chi connectivity index (χ3v) is 4.35. The summed E-state index contributed by atoms with van der Waals surface area (Å²) in [5, 5.41) is 20.0. The first-order valence-corrected chi connectivity index (χ1v) is 10.8. The van der Waals surface area contributed by atoms with Gasteiger partial charge in [-0.15, -0.1) is 0 Å². The van der Waals surface area contributed by atoms with E-state index in [9.17, 15) is 14.4 Å². The fourth-order valence-electron chi connectivity index (χ4n) is 2.61. The molecule has 0 radical (unpaired) electrons. The number of carboxylic acid groups (broad SMARTS) is 1. The van der Waals surface area contributed by atoms with Crippen molar-refractivity contribution in [3.63, 3.8) is 0 Å². The number of allylic oxidation sites excluding steroid dienone is 5. The predicted molar refractivity (Wildman–Crippen MR) is 119 cm³/mol. The topological polar surface area (TPSA) is 130 Å². The first kappa shape index (κ1) is 27.8. The average molecular weight is 423 g/mol. The second-order valence-corrected chi connectivity index (χ2v) is 7.34. The fraction of sp³-hybridized carbons (Fsp3) is 0.609. The Bertz CT molecular complexity index is 582. The van der Waals surface area contributed by atoms with Crippen LogP contribution in [0.5, 0.6) is 0 Å². The zero-order valence-corrected chi connectivity index (χ0v) is 18.1.